The summed E-state index contributed by atoms with van der Waals surface area (Å²) in [7, 11) is 0. The summed E-state index contributed by atoms with van der Waals surface area (Å²) >= 11 is 5.93. The van der Waals surface area contributed by atoms with Crippen molar-refractivity contribution in [3.8, 4) is 0 Å². The molecule has 9 heavy (non-hydrogen) atoms. The van der Waals surface area contributed by atoms with E-state index < -0.39 is 0 Å². The molecule has 1 unspecified atom stereocenters. The maximum absolute atomic E-state index is 5.93. The molecule has 0 aromatic heterocycles. The number of halogens is 1. The molecule has 1 radical (unpaired) electrons. The van der Waals surface area contributed by atoms with Crippen LogP contribution in [0, 0.1) is 6.42 Å². The van der Waals surface area contributed by atoms with Gasteiger partial charge in [0.05, 0.1) is 0 Å². The normalized spacial score (nSPS) is 13.7. The van der Waals surface area contributed by atoms with Crippen LogP contribution in [0.15, 0.2) is 0 Å². The van der Waals surface area contributed by atoms with Gasteiger partial charge in [0, 0.05) is 5.38 Å². The second kappa shape index (κ2) is 6.41. The fourth-order valence-electron chi connectivity index (χ4n) is 0.799. The molecule has 0 saturated carbocycles. The van der Waals surface area contributed by atoms with E-state index in [1.807, 2.05) is 0 Å². The van der Waals surface area contributed by atoms with Crippen LogP contribution in [0.1, 0.15) is 39.5 Å². The minimum Gasteiger partial charge on any atom is -0.123 e. The predicted octanol–water partition coefficient (Wildman–Crippen LogP) is 3.40. The molecule has 0 rings (SSSR count). The fourth-order valence-corrected chi connectivity index (χ4v) is 1.13. The van der Waals surface area contributed by atoms with E-state index in [4.69, 9.17) is 11.6 Å². The molecule has 0 bridgehead atoms. The summed E-state index contributed by atoms with van der Waals surface area (Å²) in [4.78, 5) is 0. The summed E-state index contributed by atoms with van der Waals surface area (Å²) in [6, 6.07) is 0. The van der Waals surface area contributed by atoms with Crippen LogP contribution >= 0.6 is 11.6 Å². The lowest BCUT2D eigenvalue weighted by Crippen LogP contribution is -1.96. The van der Waals surface area contributed by atoms with Crippen molar-refractivity contribution in [3.05, 3.63) is 6.42 Å². The van der Waals surface area contributed by atoms with Gasteiger partial charge in [0.15, 0.2) is 0 Å². The van der Waals surface area contributed by atoms with E-state index in [2.05, 4.69) is 20.3 Å². The van der Waals surface area contributed by atoms with Crippen LogP contribution in [-0.2, 0) is 0 Å². The molecule has 0 aromatic carbocycles. The van der Waals surface area contributed by atoms with E-state index in [9.17, 15) is 0 Å². The van der Waals surface area contributed by atoms with E-state index in [1.165, 1.54) is 19.3 Å². The molecule has 0 saturated heterocycles. The van der Waals surface area contributed by atoms with Crippen LogP contribution in [0.25, 0.3) is 0 Å². The van der Waals surface area contributed by atoms with Crippen LogP contribution in [0.4, 0.5) is 0 Å². The average molecular weight is 148 g/mol. The van der Waals surface area contributed by atoms with Gasteiger partial charge in [-0.05, 0) is 19.3 Å². The standard InChI is InChI=1S/C8H16Cl/c1-3-5-7-8(9)6-4-2/h4,8H,3,5-7H2,1-2H3. The summed E-state index contributed by atoms with van der Waals surface area (Å²) in [6.45, 7) is 4.25. The maximum Gasteiger partial charge on any atom is 0.0338 e. The number of hydrogen-bond donors (Lipinski definition) is 0. The second-order valence-corrected chi connectivity index (χ2v) is 3.00. The molecule has 0 aliphatic rings. The molecule has 55 valence electrons. The molecule has 0 aromatic rings. The molecule has 0 heterocycles. The zero-order valence-corrected chi connectivity index (χ0v) is 7.12. The number of unbranched alkanes of at least 4 members (excludes halogenated alkanes) is 1. The van der Waals surface area contributed by atoms with Gasteiger partial charge in [0.2, 0.25) is 0 Å². The summed E-state index contributed by atoms with van der Waals surface area (Å²) in [5.74, 6) is 0. The van der Waals surface area contributed by atoms with Crippen LogP contribution < -0.4 is 0 Å². The minimum absolute atomic E-state index is 0.384. The number of hydrogen-bond acceptors (Lipinski definition) is 0. The minimum atomic E-state index is 0.384. The van der Waals surface area contributed by atoms with E-state index in [0.29, 0.717) is 5.38 Å². The molecule has 0 aliphatic carbocycles. The van der Waals surface area contributed by atoms with Crippen molar-refractivity contribution >= 4 is 11.6 Å². The third-order valence-corrected chi connectivity index (χ3v) is 1.76. The summed E-state index contributed by atoms with van der Waals surface area (Å²) in [6.07, 6.45) is 6.88. The van der Waals surface area contributed by atoms with Crippen molar-refractivity contribution in [1.82, 2.24) is 0 Å². The summed E-state index contributed by atoms with van der Waals surface area (Å²) in [5, 5.41) is 0.384. The van der Waals surface area contributed by atoms with Gasteiger partial charge in [-0.2, -0.15) is 0 Å². The Morgan fingerprint density at radius 3 is 2.67 bits per heavy atom. The smallest absolute Gasteiger partial charge is 0.0338 e. The highest BCUT2D eigenvalue weighted by Crippen LogP contribution is 2.11. The average Bonchev–Trinajstić information content (AvgIpc) is 1.85. The quantitative estimate of drug-likeness (QED) is 0.523. The monoisotopic (exact) mass is 147 g/mol. The molecule has 0 nitrogen and oxygen atoms in total. The van der Waals surface area contributed by atoms with Crippen molar-refractivity contribution < 1.29 is 0 Å². The van der Waals surface area contributed by atoms with Gasteiger partial charge in [-0.25, -0.2) is 0 Å². The van der Waals surface area contributed by atoms with Crippen molar-refractivity contribution in [1.29, 1.82) is 0 Å². The first-order valence-corrected chi connectivity index (χ1v) is 4.16. The fraction of sp³-hybridized carbons (Fsp3) is 0.875. The number of rotatable bonds is 5. The first kappa shape index (κ1) is 9.29. The molecule has 0 N–H and O–H groups in total. The Balaban J connectivity index is 2.95. The molecule has 0 fully saturated rings. The lowest BCUT2D eigenvalue weighted by atomic mass is 10.1. The zero-order chi connectivity index (χ0) is 7.11. The molecular formula is C8H16Cl. The topological polar surface area (TPSA) is 0 Å². The highest BCUT2D eigenvalue weighted by molar-refractivity contribution is 6.20. The SMILES string of the molecule is C[CH]CC(Cl)CCCC. The Kier molecular flexibility index (Phi) is 6.62. The Morgan fingerprint density at radius 1 is 1.56 bits per heavy atom. The molecule has 1 heteroatoms. The Hall–Kier alpha value is 0.290. The van der Waals surface area contributed by atoms with Gasteiger partial charge < -0.3 is 0 Å². The van der Waals surface area contributed by atoms with E-state index >= 15 is 0 Å². The van der Waals surface area contributed by atoms with Crippen molar-refractivity contribution in [2.45, 2.75) is 44.9 Å². The molecule has 0 amide bonds. The van der Waals surface area contributed by atoms with Crippen LogP contribution in [-0.4, -0.2) is 5.38 Å². The van der Waals surface area contributed by atoms with Gasteiger partial charge in [0.1, 0.15) is 0 Å². The zero-order valence-electron chi connectivity index (χ0n) is 6.36. The lowest BCUT2D eigenvalue weighted by molar-refractivity contribution is 0.670. The van der Waals surface area contributed by atoms with Gasteiger partial charge in [-0.1, -0.05) is 26.7 Å². The Bertz CT molecular complexity index is 52.5. The van der Waals surface area contributed by atoms with Gasteiger partial charge in [-0.3, -0.25) is 0 Å². The molecule has 1 atom stereocenters. The first-order valence-electron chi connectivity index (χ1n) is 3.73. The molecule has 0 spiro atoms. The first-order chi connectivity index (χ1) is 4.31. The predicted molar refractivity (Wildman–Crippen MR) is 43.8 cm³/mol. The van der Waals surface area contributed by atoms with E-state index in [0.717, 1.165) is 6.42 Å². The van der Waals surface area contributed by atoms with Crippen LogP contribution in [0.3, 0.4) is 0 Å². The highest BCUT2D eigenvalue weighted by atomic mass is 35.5. The summed E-state index contributed by atoms with van der Waals surface area (Å²) in [5.41, 5.74) is 0. The highest BCUT2D eigenvalue weighted by Gasteiger charge is 2.00. The summed E-state index contributed by atoms with van der Waals surface area (Å²) < 4.78 is 0. The largest absolute Gasteiger partial charge is 0.123 e. The maximum atomic E-state index is 5.93. The molecule has 0 aliphatic heterocycles. The van der Waals surface area contributed by atoms with Gasteiger partial charge in [-0.15, -0.1) is 11.6 Å². The third kappa shape index (κ3) is 6.17. The lowest BCUT2D eigenvalue weighted by Gasteiger charge is -2.04. The Labute approximate surface area is 63.6 Å². The number of alkyl halides is 1. The molecular weight excluding hydrogens is 132 g/mol. The van der Waals surface area contributed by atoms with E-state index in [1.54, 1.807) is 0 Å². The Morgan fingerprint density at radius 2 is 2.22 bits per heavy atom. The van der Waals surface area contributed by atoms with E-state index in [-0.39, 0.29) is 0 Å². The van der Waals surface area contributed by atoms with Gasteiger partial charge >= 0.3 is 0 Å². The van der Waals surface area contributed by atoms with Crippen LogP contribution in [0.2, 0.25) is 0 Å². The van der Waals surface area contributed by atoms with Crippen molar-refractivity contribution in [3.63, 3.8) is 0 Å². The van der Waals surface area contributed by atoms with Crippen LogP contribution in [0.5, 0.6) is 0 Å². The van der Waals surface area contributed by atoms with Crippen molar-refractivity contribution in [2.75, 3.05) is 0 Å². The third-order valence-electron chi connectivity index (χ3n) is 1.36. The second-order valence-electron chi connectivity index (χ2n) is 2.38. The van der Waals surface area contributed by atoms with Crippen molar-refractivity contribution in [2.24, 2.45) is 0 Å². The van der Waals surface area contributed by atoms with Gasteiger partial charge in [0.25, 0.3) is 0 Å².